The molecule has 2 aromatic rings. The van der Waals surface area contributed by atoms with Gasteiger partial charge in [-0.2, -0.15) is 4.80 Å². The summed E-state index contributed by atoms with van der Waals surface area (Å²) in [6.07, 6.45) is 3.44. The molecule has 0 aliphatic heterocycles. The van der Waals surface area contributed by atoms with Crippen LogP contribution in [0.2, 0.25) is 0 Å². The lowest BCUT2D eigenvalue weighted by atomic mass is 9.88. The summed E-state index contributed by atoms with van der Waals surface area (Å²) >= 11 is 0. The van der Waals surface area contributed by atoms with Crippen LogP contribution in [0, 0.1) is 12.8 Å². The molecule has 1 aliphatic rings. The van der Waals surface area contributed by atoms with Crippen molar-refractivity contribution >= 4 is 5.97 Å². The van der Waals surface area contributed by atoms with E-state index in [1.807, 2.05) is 6.07 Å². The Morgan fingerprint density at radius 3 is 2.79 bits per heavy atom. The maximum absolute atomic E-state index is 11.7. The number of carbonyl (C=O) groups is 1. The highest BCUT2D eigenvalue weighted by Gasteiger charge is 2.21. The van der Waals surface area contributed by atoms with E-state index in [4.69, 9.17) is 4.74 Å². The number of aliphatic hydroxyl groups excluding tert-OH is 1. The number of aliphatic hydroxyl groups is 1. The zero-order valence-corrected chi connectivity index (χ0v) is 13.8. The van der Waals surface area contributed by atoms with Crippen molar-refractivity contribution in [3.8, 4) is 11.4 Å². The molecule has 1 fully saturated rings. The number of ether oxygens (including phenoxy) is 1. The quantitative estimate of drug-likeness (QED) is 0.844. The Balaban J connectivity index is 1.75. The van der Waals surface area contributed by atoms with Crippen LogP contribution in [0.4, 0.5) is 0 Å². The largest absolute Gasteiger partial charge is 0.464 e. The fourth-order valence-corrected chi connectivity index (χ4v) is 3.00. The molecule has 0 spiro atoms. The highest BCUT2D eigenvalue weighted by Crippen LogP contribution is 2.25. The molecule has 0 saturated heterocycles. The zero-order valence-electron chi connectivity index (χ0n) is 13.8. The van der Waals surface area contributed by atoms with Gasteiger partial charge in [-0.15, -0.1) is 10.2 Å². The number of aryl methyl sites for hydroxylation is 1. The van der Waals surface area contributed by atoms with Crippen molar-refractivity contribution in [2.24, 2.45) is 5.92 Å². The van der Waals surface area contributed by atoms with E-state index < -0.39 is 5.97 Å². The predicted molar refractivity (Wildman–Crippen MR) is 85.1 cm³/mol. The fourth-order valence-electron chi connectivity index (χ4n) is 3.00. The second-order valence-corrected chi connectivity index (χ2v) is 6.22. The number of tetrazole rings is 1. The Hall–Kier alpha value is -2.35. The third-order valence-electron chi connectivity index (χ3n) is 4.30. The third-order valence-corrected chi connectivity index (χ3v) is 4.30. The molecule has 3 rings (SSSR count). The van der Waals surface area contributed by atoms with E-state index in [1.165, 1.54) is 7.11 Å². The van der Waals surface area contributed by atoms with Crippen LogP contribution < -0.4 is 0 Å². The Morgan fingerprint density at radius 2 is 2.08 bits per heavy atom. The molecule has 8 nitrogen and oxygen atoms in total. The number of methoxy groups -OCH3 is 1. The minimum absolute atomic E-state index is 0.169. The Bertz CT molecular complexity index is 722. The first kappa shape index (κ1) is 16.5. The van der Waals surface area contributed by atoms with Gasteiger partial charge < -0.3 is 9.84 Å². The van der Waals surface area contributed by atoms with Crippen molar-refractivity contribution in [1.82, 2.24) is 25.2 Å². The van der Waals surface area contributed by atoms with Crippen molar-refractivity contribution in [3.05, 3.63) is 23.5 Å². The molecule has 1 N–H and O–H groups in total. The van der Waals surface area contributed by atoms with Gasteiger partial charge in [0.25, 0.3) is 0 Å². The number of pyridine rings is 1. The normalized spacial score (nSPS) is 20.8. The van der Waals surface area contributed by atoms with Gasteiger partial charge in [-0.1, -0.05) is 0 Å². The van der Waals surface area contributed by atoms with Gasteiger partial charge in [0.15, 0.2) is 0 Å². The maximum atomic E-state index is 11.7. The van der Waals surface area contributed by atoms with Gasteiger partial charge in [0.2, 0.25) is 5.82 Å². The van der Waals surface area contributed by atoms with Crippen LogP contribution in [0.3, 0.4) is 0 Å². The van der Waals surface area contributed by atoms with Crippen molar-refractivity contribution in [2.45, 2.75) is 45.3 Å². The van der Waals surface area contributed by atoms with E-state index >= 15 is 0 Å². The standard InChI is InChI=1S/C16H21N5O3/c1-10-7-12(8-14(17-10)16(23)24-2)15-18-20-21(19-15)9-11-3-5-13(22)6-4-11/h7-8,11,13,22H,3-6,9H2,1-2H3/t11-,13+. The first-order valence-corrected chi connectivity index (χ1v) is 8.08. The van der Waals surface area contributed by atoms with Crippen LogP contribution in [0.1, 0.15) is 41.9 Å². The molecule has 0 bridgehead atoms. The number of carbonyl (C=O) groups excluding carboxylic acids is 1. The summed E-state index contributed by atoms with van der Waals surface area (Å²) < 4.78 is 4.71. The van der Waals surface area contributed by atoms with Crippen molar-refractivity contribution in [3.63, 3.8) is 0 Å². The number of nitrogens with zero attached hydrogens (tertiary/aromatic N) is 5. The summed E-state index contributed by atoms with van der Waals surface area (Å²) in [6.45, 7) is 2.49. The predicted octanol–water partition coefficient (Wildman–Crippen LogP) is 1.38. The van der Waals surface area contributed by atoms with E-state index in [0.29, 0.717) is 29.5 Å². The molecule has 0 atom stereocenters. The maximum Gasteiger partial charge on any atom is 0.356 e. The van der Waals surface area contributed by atoms with Crippen LogP contribution in [0.5, 0.6) is 0 Å². The van der Waals surface area contributed by atoms with Gasteiger partial charge >= 0.3 is 5.97 Å². The molecule has 0 radical (unpaired) electrons. The van der Waals surface area contributed by atoms with E-state index in [0.717, 1.165) is 25.7 Å². The van der Waals surface area contributed by atoms with E-state index in [2.05, 4.69) is 20.4 Å². The van der Waals surface area contributed by atoms with Gasteiger partial charge in [-0.25, -0.2) is 9.78 Å². The second-order valence-electron chi connectivity index (χ2n) is 6.22. The molecule has 2 heterocycles. The van der Waals surface area contributed by atoms with E-state index in [-0.39, 0.29) is 11.8 Å². The van der Waals surface area contributed by atoms with Crippen molar-refractivity contribution in [2.75, 3.05) is 7.11 Å². The number of hydrogen-bond donors (Lipinski definition) is 1. The first-order chi connectivity index (χ1) is 11.5. The van der Waals surface area contributed by atoms with Crippen LogP contribution in [-0.2, 0) is 11.3 Å². The van der Waals surface area contributed by atoms with Gasteiger partial charge in [-0.05, 0) is 55.9 Å². The van der Waals surface area contributed by atoms with Crippen molar-refractivity contribution in [1.29, 1.82) is 0 Å². The molecular weight excluding hydrogens is 310 g/mol. The van der Waals surface area contributed by atoms with Crippen molar-refractivity contribution < 1.29 is 14.6 Å². The Kier molecular flexibility index (Phi) is 4.84. The number of esters is 1. The summed E-state index contributed by atoms with van der Waals surface area (Å²) in [6, 6.07) is 3.42. The topological polar surface area (TPSA) is 103 Å². The zero-order chi connectivity index (χ0) is 17.1. The summed E-state index contributed by atoms with van der Waals surface area (Å²) in [4.78, 5) is 17.4. The summed E-state index contributed by atoms with van der Waals surface area (Å²) in [7, 11) is 1.32. The second kappa shape index (κ2) is 7.04. The average Bonchev–Trinajstić information content (AvgIpc) is 3.04. The first-order valence-electron chi connectivity index (χ1n) is 8.08. The van der Waals surface area contributed by atoms with E-state index in [1.54, 1.807) is 17.8 Å². The molecular formula is C16H21N5O3. The number of rotatable bonds is 4. The minimum atomic E-state index is -0.492. The molecule has 24 heavy (non-hydrogen) atoms. The average molecular weight is 331 g/mol. The van der Waals surface area contributed by atoms with Crippen LogP contribution in [0.25, 0.3) is 11.4 Å². The molecule has 0 amide bonds. The molecule has 128 valence electrons. The molecule has 8 heteroatoms. The molecule has 0 aromatic carbocycles. The fraction of sp³-hybridized carbons (Fsp3) is 0.562. The lowest BCUT2D eigenvalue weighted by Crippen LogP contribution is -2.22. The summed E-state index contributed by atoms with van der Waals surface area (Å²) in [5.74, 6) is 0.426. The highest BCUT2D eigenvalue weighted by atomic mass is 16.5. The molecule has 1 aliphatic carbocycles. The SMILES string of the molecule is COC(=O)c1cc(-c2nnn(C[C@H]3CC[C@@H](O)CC3)n2)cc(C)n1. The van der Waals surface area contributed by atoms with Gasteiger partial charge in [0, 0.05) is 11.3 Å². The Morgan fingerprint density at radius 1 is 1.33 bits per heavy atom. The van der Waals surface area contributed by atoms with Gasteiger partial charge in [-0.3, -0.25) is 0 Å². The monoisotopic (exact) mass is 331 g/mol. The number of aromatic nitrogens is 5. The number of hydrogen-bond acceptors (Lipinski definition) is 7. The third kappa shape index (κ3) is 3.76. The van der Waals surface area contributed by atoms with E-state index in [9.17, 15) is 9.90 Å². The van der Waals surface area contributed by atoms with Gasteiger partial charge in [0.05, 0.1) is 19.8 Å². The van der Waals surface area contributed by atoms with Crippen LogP contribution >= 0.6 is 0 Å². The van der Waals surface area contributed by atoms with Crippen LogP contribution in [0.15, 0.2) is 12.1 Å². The lowest BCUT2D eigenvalue weighted by molar-refractivity contribution is 0.0594. The van der Waals surface area contributed by atoms with Crippen LogP contribution in [-0.4, -0.2) is 49.5 Å². The minimum Gasteiger partial charge on any atom is -0.464 e. The smallest absolute Gasteiger partial charge is 0.356 e. The molecule has 0 unspecified atom stereocenters. The lowest BCUT2D eigenvalue weighted by Gasteiger charge is -2.24. The summed E-state index contributed by atoms with van der Waals surface area (Å²) in [5, 5.41) is 22.2. The Labute approximate surface area is 139 Å². The molecule has 2 aromatic heterocycles. The molecule has 1 saturated carbocycles. The highest BCUT2D eigenvalue weighted by molar-refractivity contribution is 5.88. The summed E-state index contributed by atoms with van der Waals surface area (Å²) in [5.41, 5.74) is 1.60. The van der Waals surface area contributed by atoms with Gasteiger partial charge in [0.1, 0.15) is 5.69 Å².